The summed E-state index contributed by atoms with van der Waals surface area (Å²) in [5.74, 6) is 0.564. The van der Waals surface area contributed by atoms with Gasteiger partial charge in [-0.05, 0) is 32.0 Å². The number of nitrogens with zero attached hydrogens (tertiary/aromatic N) is 1. The molecule has 0 radical (unpaired) electrons. The molecule has 16 heavy (non-hydrogen) atoms. The highest BCUT2D eigenvalue weighted by Gasteiger charge is 2.27. The van der Waals surface area contributed by atoms with Crippen molar-refractivity contribution in [3.63, 3.8) is 0 Å². The summed E-state index contributed by atoms with van der Waals surface area (Å²) in [4.78, 5) is 4.62. The molecule has 0 saturated carbocycles. The molecule has 2 atom stereocenters. The summed E-state index contributed by atoms with van der Waals surface area (Å²) in [6.45, 7) is 6.89. The molecule has 2 rings (SSSR count). The Bertz CT molecular complexity index is 334. The summed E-state index contributed by atoms with van der Waals surface area (Å²) >= 11 is 0. The van der Waals surface area contributed by atoms with Crippen LogP contribution in [0.1, 0.15) is 30.8 Å². The zero-order valence-electron chi connectivity index (χ0n) is 10.1. The predicted octanol–water partition coefficient (Wildman–Crippen LogP) is 2.08. The molecule has 0 aromatic carbocycles. The molecule has 0 amide bonds. The van der Waals surface area contributed by atoms with E-state index in [1.807, 2.05) is 13.0 Å². The van der Waals surface area contributed by atoms with E-state index < -0.39 is 0 Å². The van der Waals surface area contributed by atoms with Gasteiger partial charge in [-0.1, -0.05) is 13.0 Å². The SMILES string of the molecule is CCNC(c1cccc(C)n1)C1CCOC1. The van der Waals surface area contributed by atoms with Crippen molar-refractivity contribution in [2.45, 2.75) is 26.3 Å². The highest BCUT2D eigenvalue weighted by molar-refractivity contribution is 5.14. The Morgan fingerprint density at radius 2 is 2.44 bits per heavy atom. The number of pyridine rings is 1. The first-order valence-corrected chi connectivity index (χ1v) is 6.06. The molecule has 1 fully saturated rings. The summed E-state index contributed by atoms with van der Waals surface area (Å²) in [7, 11) is 0. The van der Waals surface area contributed by atoms with Crippen molar-refractivity contribution in [1.29, 1.82) is 0 Å². The van der Waals surface area contributed by atoms with Crippen LogP contribution >= 0.6 is 0 Å². The molecule has 0 aliphatic carbocycles. The summed E-state index contributed by atoms with van der Waals surface area (Å²) in [5.41, 5.74) is 2.23. The summed E-state index contributed by atoms with van der Waals surface area (Å²) in [6, 6.07) is 6.57. The highest BCUT2D eigenvalue weighted by Crippen LogP contribution is 2.27. The van der Waals surface area contributed by atoms with E-state index in [0.29, 0.717) is 12.0 Å². The van der Waals surface area contributed by atoms with E-state index in [9.17, 15) is 0 Å². The molecule has 1 aliphatic heterocycles. The fourth-order valence-corrected chi connectivity index (χ4v) is 2.29. The second kappa shape index (κ2) is 5.41. The van der Waals surface area contributed by atoms with Crippen molar-refractivity contribution in [3.05, 3.63) is 29.6 Å². The zero-order valence-corrected chi connectivity index (χ0v) is 10.1. The van der Waals surface area contributed by atoms with Gasteiger partial charge in [0, 0.05) is 18.2 Å². The minimum Gasteiger partial charge on any atom is -0.381 e. The topological polar surface area (TPSA) is 34.2 Å². The van der Waals surface area contributed by atoms with Crippen molar-refractivity contribution in [3.8, 4) is 0 Å². The number of aryl methyl sites for hydroxylation is 1. The van der Waals surface area contributed by atoms with Gasteiger partial charge in [-0.3, -0.25) is 4.98 Å². The number of ether oxygens (including phenoxy) is 1. The lowest BCUT2D eigenvalue weighted by molar-refractivity contribution is 0.176. The minimum absolute atomic E-state index is 0.340. The van der Waals surface area contributed by atoms with Crippen LogP contribution in [0.3, 0.4) is 0 Å². The van der Waals surface area contributed by atoms with Crippen molar-refractivity contribution >= 4 is 0 Å². The maximum atomic E-state index is 5.47. The average Bonchev–Trinajstić information content (AvgIpc) is 2.79. The Morgan fingerprint density at radius 3 is 3.06 bits per heavy atom. The van der Waals surface area contributed by atoms with Gasteiger partial charge in [0.05, 0.1) is 18.3 Å². The van der Waals surface area contributed by atoms with Gasteiger partial charge in [0.1, 0.15) is 0 Å². The van der Waals surface area contributed by atoms with Gasteiger partial charge in [0.25, 0.3) is 0 Å². The second-order valence-corrected chi connectivity index (χ2v) is 4.36. The number of hydrogen-bond acceptors (Lipinski definition) is 3. The third-order valence-electron chi connectivity index (χ3n) is 3.09. The summed E-state index contributed by atoms with van der Waals surface area (Å²) in [6.07, 6.45) is 1.13. The average molecular weight is 220 g/mol. The lowest BCUT2D eigenvalue weighted by Crippen LogP contribution is -2.29. The monoisotopic (exact) mass is 220 g/mol. The Kier molecular flexibility index (Phi) is 3.91. The van der Waals surface area contributed by atoms with E-state index in [2.05, 4.69) is 29.4 Å². The van der Waals surface area contributed by atoms with Gasteiger partial charge in [-0.15, -0.1) is 0 Å². The Labute approximate surface area is 97.2 Å². The normalized spacial score (nSPS) is 22.2. The van der Waals surface area contributed by atoms with Crippen LogP contribution in [0.25, 0.3) is 0 Å². The molecule has 1 aliphatic rings. The quantitative estimate of drug-likeness (QED) is 0.843. The smallest absolute Gasteiger partial charge is 0.0580 e. The van der Waals surface area contributed by atoms with Gasteiger partial charge in [0.2, 0.25) is 0 Å². The molecule has 1 N–H and O–H groups in total. The van der Waals surface area contributed by atoms with Gasteiger partial charge in [0.15, 0.2) is 0 Å². The first kappa shape index (κ1) is 11.6. The molecule has 1 aromatic heterocycles. The van der Waals surface area contributed by atoms with Crippen LogP contribution in [-0.4, -0.2) is 24.7 Å². The second-order valence-electron chi connectivity index (χ2n) is 4.36. The summed E-state index contributed by atoms with van der Waals surface area (Å²) in [5, 5.41) is 3.53. The van der Waals surface area contributed by atoms with E-state index in [-0.39, 0.29) is 0 Å². The number of hydrogen-bond donors (Lipinski definition) is 1. The molecular weight excluding hydrogens is 200 g/mol. The molecule has 2 unspecified atom stereocenters. The maximum Gasteiger partial charge on any atom is 0.0580 e. The van der Waals surface area contributed by atoms with E-state index in [1.54, 1.807) is 0 Å². The number of rotatable bonds is 4. The highest BCUT2D eigenvalue weighted by atomic mass is 16.5. The summed E-state index contributed by atoms with van der Waals surface area (Å²) < 4.78 is 5.47. The van der Waals surface area contributed by atoms with Crippen LogP contribution in [0, 0.1) is 12.8 Å². The van der Waals surface area contributed by atoms with Gasteiger partial charge in [-0.2, -0.15) is 0 Å². The fraction of sp³-hybridized carbons (Fsp3) is 0.615. The van der Waals surface area contributed by atoms with Crippen LogP contribution in [0.2, 0.25) is 0 Å². The van der Waals surface area contributed by atoms with Crippen LogP contribution < -0.4 is 5.32 Å². The predicted molar refractivity (Wildman–Crippen MR) is 64.3 cm³/mol. The molecule has 3 heteroatoms. The molecule has 88 valence electrons. The van der Waals surface area contributed by atoms with E-state index in [4.69, 9.17) is 4.74 Å². The molecule has 1 aromatic rings. The minimum atomic E-state index is 0.340. The van der Waals surface area contributed by atoms with Crippen LogP contribution in [0.15, 0.2) is 18.2 Å². The Balaban J connectivity index is 2.17. The number of nitrogens with one attached hydrogen (secondary N) is 1. The van der Waals surface area contributed by atoms with Crippen LogP contribution in [-0.2, 0) is 4.74 Å². The third kappa shape index (κ3) is 2.60. The van der Waals surface area contributed by atoms with Crippen molar-refractivity contribution in [2.24, 2.45) is 5.92 Å². The van der Waals surface area contributed by atoms with E-state index in [0.717, 1.165) is 37.6 Å². The van der Waals surface area contributed by atoms with Crippen molar-refractivity contribution in [1.82, 2.24) is 10.3 Å². The lowest BCUT2D eigenvalue weighted by Gasteiger charge is -2.23. The lowest BCUT2D eigenvalue weighted by atomic mass is 9.95. The molecule has 2 heterocycles. The van der Waals surface area contributed by atoms with E-state index >= 15 is 0 Å². The molecular formula is C13H20N2O. The zero-order chi connectivity index (χ0) is 11.4. The van der Waals surface area contributed by atoms with Gasteiger partial charge < -0.3 is 10.1 Å². The van der Waals surface area contributed by atoms with Gasteiger partial charge in [-0.25, -0.2) is 0 Å². The molecule has 0 spiro atoms. The largest absolute Gasteiger partial charge is 0.381 e. The third-order valence-corrected chi connectivity index (χ3v) is 3.09. The number of aromatic nitrogens is 1. The Morgan fingerprint density at radius 1 is 1.56 bits per heavy atom. The molecule has 1 saturated heterocycles. The first-order chi connectivity index (χ1) is 7.81. The maximum absolute atomic E-state index is 5.47. The standard InChI is InChI=1S/C13H20N2O/c1-3-14-13(11-7-8-16-9-11)12-6-4-5-10(2)15-12/h4-6,11,13-14H,3,7-9H2,1-2H3. The fourth-order valence-electron chi connectivity index (χ4n) is 2.29. The Hall–Kier alpha value is -0.930. The van der Waals surface area contributed by atoms with Crippen LogP contribution in [0.5, 0.6) is 0 Å². The molecule has 0 bridgehead atoms. The molecule has 3 nitrogen and oxygen atoms in total. The van der Waals surface area contributed by atoms with E-state index in [1.165, 1.54) is 0 Å². The van der Waals surface area contributed by atoms with Crippen molar-refractivity contribution < 1.29 is 4.74 Å². The van der Waals surface area contributed by atoms with Crippen molar-refractivity contribution in [2.75, 3.05) is 19.8 Å². The van der Waals surface area contributed by atoms with Gasteiger partial charge >= 0.3 is 0 Å². The van der Waals surface area contributed by atoms with Crippen LogP contribution in [0.4, 0.5) is 0 Å². The first-order valence-electron chi connectivity index (χ1n) is 6.06.